The first-order valence-corrected chi connectivity index (χ1v) is 11.6. The minimum atomic E-state index is -4.74. The highest BCUT2D eigenvalue weighted by Gasteiger charge is 2.30. The number of alkyl halides is 3. The van der Waals surface area contributed by atoms with Crippen molar-refractivity contribution in [1.82, 2.24) is 0 Å². The third-order valence-corrected chi connectivity index (χ3v) is 6.03. The zero-order valence-corrected chi connectivity index (χ0v) is 19.7. The lowest BCUT2D eigenvalue weighted by atomic mass is 9.96. The van der Waals surface area contributed by atoms with Gasteiger partial charge in [-0.25, -0.2) is 8.78 Å². The predicted molar refractivity (Wildman–Crippen MR) is 130 cm³/mol. The first-order chi connectivity index (χ1) is 17.2. The lowest BCUT2D eigenvalue weighted by Gasteiger charge is -2.11. The Morgan fingerprint density at radius 2 is 1.50 bits per heavy atom. The summed E-state index contributed by atoms with van der Waals surface area (Å²) in [5.41, 5.74) is 3.27. The first kappa shape index (κ1) is 25.6. The maximum absolute atomic E-state index is 15.2. The lowest BCUT2D eigenvalue weighted by molar-refractivity contribution is -0.274. The Morgan fingerprint density at radius 1 is 0.750 bits per heavy atom. The van der Waals surface area contributed by atoms with Crippen LogP contribution in [0, 0.1) is 11.6 Å². The van der Waals surface area contributed by atoms with Crippen LogP contribution in [0.5, 0.6) is 5.75 Å². The fraction of sp³-hybridized carbons (Fsp3) is 0.241. The van der Waals surface area contributed by atoms with E-state index in [1.54, 1.807) is 43.5 Å². The molecule has 0 aliphatic rings. The van der Waals surface area contributed by atoms with Gasteiger partial charge >= 0.3 is 6.36 Å². The van der Waals surface area contributed by atoms with Gasteiger partial charge in [0.15, 0.2) is 0 Å². The van der Waals surface area contributed by atoms with Gasteiger partial charge in [0.25, 0.3) is 0 Å². The average molecular weight is 501 g/mol. The van der Waals surface area contributed by atoms with Crippen LogP contribution in [0.1, 0.15) is 23.1 Å². The number of fused-ring (bicyclic) bond motifs is 1. The molecule has 2 nitrogen and oxygen atoms in total. The molecule has 0 atom stereocenters. The molecule has 0 N–H and O–H groups in total. The van der Waals surface area contributed by atoms with Crippen LogP contribution in [0.4, 0.5) is 22.0 Å². The monoisotopic (exact) mass is 500 g/mol. The fourth-order valence-corrected chi connectivity index (χ4v) is 4.20. The number of hydrogen-bond acceptors (Lipinski definition) is 2. The predicted octanol–water partition coefficient (Wildman–Crippen LogP) is 8.05. The van der Waals surface area contributed by atoms with Crippen LogP contribution < -0.4 is 4.74 Å². The quantitative estimate of drug-likeness (QED) is 0.171. The molecule has 0 aliphatic heterocycles. The zero-order valence-electron chi connectivity index (χ0n) is 19.7. The molecule has 188 valence electrons. The molecule has 0 heterocycles. The third kappa shape index (κ3) is 6.40. The highest BCUT2D eigenvalue weighted by Crippen LogP contribution is 2.30. The van der Waals surface area contributed by atoms with Gasteiger partial charge in [-0.3, -0.25) is 0 Å². The van der Waals surface area contributed by atoms with E-state index >= 15 is 4.39 Å². The van der Waals surface area contributed by atoms with E-state index in [0.717, 1.165) is 24.0 Å². The van der Waals surface area contributed by atoms with Crippen molar-refractivity contribution in [2.24, 2.45) is 0 Å². The number of benzene rings is 4. The van der Waals surface area contributed by atoms with Crippen molar-refractivity contribution >= 4 is 10.8 Å². The molecule has 0 spiro atoms. The van der Waals surface area contributed by atoms with Crippen molar-refractivity contribution < 1.29 is 31.4 Å². The second-order valence-electron chi connectivity index (χ2n) is 8.58. The minimum absolute atomic E-state index is 0.295. The Morgan fingerprint density at radius 3 is 2.19 bits per heavy atom. The molecule has 7 heteroatoms. The first-order valence-electron chi connectivity index (χ1n) is 11.6. The minimum Gasteiger partial charge on any atom is -0.406 e. The SMILES string of the molecule is COCCCc1ccc(-c2ccc3c(F)c(CCc4ccc(OC(F)(F)F)cc4)ccc3c2)c(F)c1. The van der Waals surface area contributed by atoms with E-state index in [1.165, 1.54) is 30.3 Å². The number of aryl methyl sites for hydroxylation is 3. The van der Waals surface area contributed by atoms with Gasteiger partial charge in [0, 0.05) is 24.7 Å². The Hall–Kier alpha value is -3.45. The molecule has 0 bridgehead atoms. The summed E-state index contributed by atoms with van der Waals surface area (Å²) in [6.07, 6.45) is -2.38. The zero-order chi connectivity index (χ0) is 25.7. The summed E-state index contributed by atoms with van der Waals surface area (Å²) in [4.78, 5) is 0. The summed E-state index contributed by atoms with van der Waals surface area (Å²) in [6.45, 7) is 0.616. The summed E-state index contributed by atoms with van der Waals surface area (Å²) in [5.74, 6) is -0.978. The second-order valence-corrected chi connectivity index (χ2v) is 8.58. The molecule has 0 unspecified atom stereocenters. The molecule has 0 saturated heterocycles. The molecule has 0 saturated carbocycles. The van der Waals surface area contributed by atoms with Crippen molar-refractivity contribution in [3.05, 3.63) is 101 Å². The van der Waals surface area contributed by atoms with E-state index < -0.39 is 6.36 Å². The van der Waals surface area contributed by atoms with E-state index in [0.29, 0.717) is 46.9 Å². The number of halogens is 5. The molecule has 0 aromatic heterocycles. The third-order valence-electron chi connectivity index (χ3n) is 6.03. The van der Waals surface area contributed by atoms with Gasteiger partial charge in [0.1, 0.15) is 17.4 Å². The van der Waals surface area contributed by atoms with Gasteiger partial charge in [-0.05, 0) is 77.6 Å². The van der Waals surface area contributed by atoms with Crippen molar-refractivity contribution in [2.75, 3.05) is 13.7 Å². The fourth-order valence-electron chi connectivity index (χ4n) is 4.20. The van der Waals surface area contributed by atoms with Crippen LogP contribution >= 0.6 is 0 Å². The van der Waals surface area contributed by atoms with Gasteiger partial charge in [-0.2, -0.15) is 0 Å². The standard InChI is InChI=1S/C29H25F5O2/c1-35-16-2-3-20-7-14-25(27(30)17-20)22-11-15-26-23(18-22)10-9-21(28(26)31)8-4-19-5-12-24(13-6-19)36-29(32,33)34/h5-7,9-15,17-18H,2-4,8,16H2,1H3. The van der Waals surface area contributed by atoms with E-state index in [-0.39, 0.29) is 17.4 Å². The van der Waals surface area contributed by atoms with Crippen molar-refractivity contribution in [1.29, 1.82) is 0 Å². The largest absolute Gasteiger partial charge is 0.573 e. The summed E-state index contributed by atoms with van der Waals surface area (Å²) in [6, 6.07) is 19.3. The molecular formula is C29H25F5O2. The lowest BCUT2D eigenvalue weighted by Crippen LogP contribution is -2.17. The molecule has 4 aromatic rings. The molecule has 4 rings (SSSR count). The summed E-state index contributed by atoms with van der Waals surface area (Å²) >= 11 is 0. The van der Waals surface area contributed by atoms with Crippen molar-refractivity contribution in [2.45, 2.75) is 32.0 Å². The Balaban J connectivity index is 1.47. The normalized spacial score (nSPS) is 11.7. The molecule has 0 fully saturated rings. The summed E-state index contributed by atoms with van der Waals surface area (Å²) in [5, 5.41) is 1.09. The molecule has 4 aromatic carbocycles. The van der Waals surface area contributed by atoms with E-state index in [2.05, 4.69) is 4.74 Å². The maximum Gasteiger partial charge on any atom is 0.573 e. The molecular weight excluding hydrogens is 475 g/mol. The van der Waals surface area contributed by atoms with Crippen molar-refractivity contribution in [3.8, 4) is 16.9 Å². The van der Waals surface area contributed by atoms with Crippen LogP contribution in [0.2, 0.25) is 0 Å². The van der Waals surface area contributed by atoms with Crippen molar-refractivity contribution in [3.63, 3.8) is 0 Å². The van der Waals surface area contributed by atoms with Crippen LogP contribution in [-0.4, -0.2) is 20.1 Å². The van der Waals surface area contributed by atoms with E-state index in [1.807, 2.05) is 6.07 Å². The topological polar surface area (TPSA) is 18.5 Å². The van der Waals surface area contributed by atoms with Gasteiger partial charge in [0.2, 0.25) is 0 Å². The molecule has 0 aliphatic carbocycles. The van der Waals surface area contributed by atoms with Crippen LogP contribution in [-0.2, 0) is 24.0 Å². The summed E-state index contributed by atoms with van der Waals surface area (Å²) in [7, 11) is 1.63. The van der Waals surface area contributed by atoms with E-state index in [4.69, 9.17) is 4.74 Å². The van der Waals surface area contributed by atoms with Crippen LogP contribution in [0.25, 0.3) is 21.9 Å². The number of hydrogen-bond donors (Lipinski definition) is 0. The molecule has 36 heavy (non-hydrogen) atoms. The van der Waals surface area contributed by atoms with Gasteiger partial charge < -0.3 is 9.47 Å². The Bertz CT molecular complexity index is 1330. The summed E-state index contributed by atoms with van der Waals surface area (Å²) < 4.78 is 75.8. The van der Waals surface area contributed by atoms with Crippen LogP contribution in [0.3, 0.4) is 0 Å². The Kier molecular flexibility index (Phi) is 7.89. The Labute approximate surface area is 206 Å². The number of rotatable bonds is 9. The van der Waals surface area contributed by atoms with Gasteiger partial charge in [-0.15, -0.1) is 13.2 Å². The van der Waals surface area contributed by atoms with Gasteiger partial charge in [-0.1, -0.05) is 48.5 Å². The molecule has 0 radical (unpaired) electrons. The van der Waals surface area contributed by atoms with E-state index in [9.17, 15) is 17.6 Å². The maximum atomic E-state index is 15.2. The smallest absolute Gasteiger partial charge is 0.406 e. The average Bonchev–Trinajstić information content (AvgIpc) is 2.84. The van der Waals surface area contributed by atoms with Gasteiger partial charge in [0.05, 0.1) is 0 Å². The number of ether oxygens (including phenoxy) is 2. The number of methoxy groups -OCH3 is 1. The molecule has 0 amide bonds. The van der Waals surface area contributed by atoms with Crippen LogP contribution in [0.15, 0.2) is 72.8 Å². The highest BCUT2D eigenvalue weighted by molar-refractivity contribution is 5.88. The second kappa shape index (κ2) is 11.1. The highest BCUT2D eigenvalue weighted by atomic mass is 19.4.